The van der Waals surface area contributed by atoms with E-state index in [1.165, 1.54) is 50.3 Å². The number of rotatable bonds is 4. The molecule has 136 valence electrons. The van der Waals surface area contributed by atoms with Crippen LogP contribution in [0.5, 0.6) is 0 Å². The van der Waals surface area contributed by atoms with Gasteiger partial charge in [-0.05, 0) is 37.0 Å². The lowest BCUT2D eigenvalue weighted by atomic mass is 9.91. The van der Waals surface area contributed by atoms with Crippen molar-refractivity contribution in [3.05, 3.63) is 34.3 Å². The summed E-state index contributed by atoms with van der Waals surface area (Å²) in [7, 11) is 0. The Labute approximate surface area is 150 Å². The molecule has 0 bridgehead atoms. The average Bonchev–Trinajstić information content (AvgIpc) is 2.46. The molecule has 1 fully saturated rings. The van der Waals surface area contributed by atoms with Crippen LogP contribution < -0.4 is 5.32 Å². The lowest BCUT2D eigenvalue weighted by molar-refractivity contribution is 0.0697. The second-order valence-corrected chi connectivity index (χ2v) is 6.33. The molecule has 0 spiro atoms. The van der Waals surface area contributed by atoms with Gasteiger partial charge in [0.15, 0.2) is 0 Å². The molecule has 0 aromatic heterocycles. The normalized spacial score (nSPS) is 15.2. The third-order valence-electron chi connectivity index (χ3n) is 4.23. The SMILES string of the molecule is C.C.O=C(O)c1ccc(Cl)c(C(=O)NCC2CCCCCCC2)c1. The van der Waals surface area contributed by atoms with E-state index >= 15 is 0 Å². The second kappa shape index (κ2) is 11.1. The minimum absolute atomic E-state index is 0. The third kappa shape index (κ3) is 6.52. The zero-order valence-electron chi connectivity index (χ0n) is 12.6. The Balaban J connectivity index is 0.00000264. The molecule has 1 aliphatic rings. The molecule has 1 aromatic carbocycles. The lowest BCUT2D eigenvalue weighted by Gasteiger charge is -2.20. The summed E-state index contributed by atoms with van der Waals surface area (Å²) < 4.78 is 0. The highest BCUT2D eigenvalue weighted by atomic mass is 35.5. The predicted molar refractivity (Wildman–Crippen MR) is 100 cm³/mol. The molecule has 2 N–H and O–H groups in total. The van der Waals surface area contributed by atoms with Crippen LogP contribution in [0.2, 0.25) is 5.02 Å². The van der Waals surface area contributed by atoms with Crippen molar-refractivity contribution in [2.24, 2.45) is 5.92 Å². The molecule has 24 heavy (non-hydrogen) atoms. The second-order valence-electron chi connectivity index (χ2n) is 5.92. The largest absolute Gasteiger partial charge is 0.478 e. The minimum Gasteiger partial charge on any atom is -0.478 e. The molecule has 1 amide bonds. The van der Waals surface area contributed by atoms with Gasteiger partial charge in [-0.25, -0.2) is 4.79 Å². The van der Waals surface area contributed by atoms with E-state index in [2.05, 4.69) is 5.32 Å². The molecule has 2 rings (SSSR count). The molecule has 5 heteroatoms. The van der Waals surface area contributed by atoms with Gasteiger partial charge in [0.05, 0.1) is 16.1 Å². The summed E-state index contributed by atoms with van der Waals surface area (Å²) in [6, 6.07) is 4.18. The van der Waals surface area contributed by atoms with Crippen LogP contribution in [0, 0.1) is 5.92 Å². The maximum Gasteiger partial charge on any atom is 0.335 e. The van der Waals surface area contributed by atoms with Gasteiger partial charge in [0.2, 0.25) is 0 Å². The molecule has 0 aliphatic heterocycles. The minimum atomic E-state index is -1.06. The number of aromatic carboxylic acids is 1. The monoisotopic (exact) mass is 355 g/mol. The fourth-order valence-corrected chi connectivity index (χ4v) is 3.11. The van der Waals surface area contributed by atoms with Gasteiger partial charge in [0.25, 0.3) is 5.91 Å². The number of hydrogen-bond donors (Lipinski definition) is 2. The molecular weight excluding hydrogens is 326 g/mol. The van der Waals surface area contributed by atoms with E-state index < -0.39 is 5.97 Å². The number of carboxylic acids is 1. The van der Waals surface area contributed by atoms with Crippen LogP contribution in [0.3, 0.4) is 0 Å². The van der Waals surface area contributed by atoms with Gasteiger partial charge < -0.3 is 10.4 Å². The third-order valence-corrected chi connectivity index (χ3v) is 4.56. The van der Waals surface area contributed by atoms with Crippen LogP contribution in [0.25, 0.3) is 0 Å². The molecule has 1 aromatic rings. The van der Waals surface area contributed by atoms with E-state index in [1.54, 1.807) is 0 Å². The molecular formula is C19H30ClNO3. The van der Waals surface area contributed by atoms with Crippen LogP contribution in [-0.4, -0.2) is 23.5 Å². The van der Waals surface area contributed by atoms with Gasteiger partial charge in [-0.15, -0.1) is 0 Å². The fraction of sp³-hybridized carbons (Fsp3) is 0.579. The molecule has 1 aliphatic carbocycles. The van der Waals surface area contributed by atoms with E-state index in [0.29, 0.717) is 12.5 Å². The predicted octanol–water partition coefficient (Wildman–Crippen LogP) is 5.40. The van der Waals surface area contributed by atoms with Crippen molar-refractivity contribution in [3.8, 4) is 0 Å². The lowest BCUT2D eigenvalue weighted by Crippen LogP contribution is -2.30. The number of carboxylic acid groups (broad SMARTS) is 1. The molecule has 0 atom stereocenters. The fourth-order valence-electron chi connectivity index (χ4n) is 2.91. The average molecular weight is 356 g/mol. The summed E-state index contributed by atoms with van der Waals surface area (Å²) in [6.45, 7) is 0.631. The van der Waals surface area contributed by atoms with E-state index in [4.69, 9.17) is 16.7 Å². The van der Waals surface area contributed by atoms with Crippen LogP contribution in [0.1, 0.15) is 80.5 Å². The molecule has 1 saturated carbocycles. The van der Waals surface area contributed by atoms with Crippen molar-refractivity contribution in [3.63, 3.8) is 0 Å². The van der Waals surface area contributed by atoms with Crippen LogP contribution in [0.15, 0.2) is 18.2 Å². The van der Waals surface area contributed by atoms with Gasteiger partial charge in [-0.3, -0.25) is 4.79 Å². The van der Waals surface area contributed by atoms with E-state index in [1.807, 2.05) is 0 Å². The van der Waals surface area contributed by atoms with Gasteiger partial charge in [0, 0.05) is 6.54 Å². The Bertz CT molecular complexity index is 537. The van der Waals surface area contributed by atoms with Gasteiger partial charge in [-0.1, -0.05) is 58.6 Å². The Morgan fingerprint density at radius 2 is 1.67 bits per heavy atom. The number of hydrogen-bond acceptors (Lipinski definition) is 2. The molecule has 4 nitrogen and oxygen atoms in total. The number of benzene rings is 1. The number of carbonyl (C=O) groups excluding carboxylic acids is 1. The molecule has 0 saturated heterocycles. The molecule has 0 unspecified atom stereocenters. The zero-order chi connectivity index (χ0) is 15.9. The van der Waals surface area contributed by atoms with E-state index in [9.17, 15) is 9.59 Å². The first-order chi connectivity index (χ1) is 10.6. The standard InChI is InChI=1S/C17H22ClNO3.2CH4/c18-15-9-8-13(17(21)22)10-14(15)16(20)19-11-12-6-4-2-1-3-5-7-12;;/h8-10,12H,1-7,11H2,(H,19,20)(H,21,22);2*1H4. The number of nitrogens with one attached hydrogen (secondary N) is 1. The first-order valence-electron chi connectivity index (χ1n) is 7.89. The Morgan fingerprint density at radius 3 is 2.25 bits per heavy atom. The van der Waals surface area contributed by atoms with Gasteiger partial charge >= 0.3 is 5.97 Å². The van der Waals surface area contributed by atoms with E-state index in [-0.39, 0.29) is 36.9 Å². The summed E-state index contributed by atoms with van der Waals surface area (Å²) in [4.78, 5) is 23.2. The van der Waals surface area contributed by atoms with Crippen LogP contribution in [0.4, 0.5) is 0 Å². The maximum atomic E-state index is 12.2. The highest BCUT2D eigenvalue weighted by Crippen LogP contribution is 2.22. The molecule has 0 radical (unpaired) electrons. The summed E-state index contributed by atoms with van der Waals surface area (Å²) in [5, 5.41) is 12.2. The summed E-state index contributed by atoms with van der Waals surface area (Å²) in [5.74, 6) is -0.855. The highest BCUT2D eigenvalue weighted by Gasteiger charge is 2.16. The summed E-state index contributed by atoms with van der Waals surface area (Å²) in [5.41, 5.74) is 0.299. The van der Waals surface area contributed by atoms with E-state index in [0.717, 1.165) is 12.8 Å². The topological polar surface area (TPSA) is 66.4 Å². The van der Waals surface area contributed by atoms with Crippen LogP contribution in [-0.2, 0) is 0 Å². The number of halogens is 1. The Kier molecular flexibility index (Phi) is 10.4. The first kappa shape index (κ1) is 22.4. The van der Waals surface area contributed by atoms with Crippen molar-refractivity contribution in [2.75, 3.05) is 6.54 Å². The quantitative estimate of drug-likeness (QED) is 0.759. The first-order valence-corrected chi connectivity index (χ1v) is 8.27. The Hall–Kier alpha value is -1.55. The maximum absolute atomic E-state index is 12.2. The van der Waals surface area contributed by atoms with Crippen LogP contribution >= 0.6 is 11.6 Å². The smallest absolute Gasteiger partial charge is 0.335 e. The van der Waals surface area contributed by atoms with Crippen molar-refractivity contribution in [2.45, 2.75) is 59.8 Å². The summed E-state index contributed by atoms with van der Waals surface area (Å²) >= 11 is 6.01. The number of amides is 1. The van der Waals surface area contributed by atoms with Crippen molar-refractivity contribution in [1.82, 2.24) is 5.32 Å². The van der Waals surface area contributed by atoms with Gasteiger partial charge in [0.1, 0.15) is 0 Å². The highest BCUT2D eigenvalue weighted by molar-refractivity contribution is 6.34. The van der Waals surface area contributed by atoms with Crippen molar-refractivity contribution >= 4 is 23.5 Å². The zero-order valence-corrected chi connectivity index (χ0v) is 13.4. The molecule has 0 heterocycles. The van der Waals surface area contributed by atoms with Crippen molar-refractivity contribution < 1.29 is 14.7 Å². The Morgan fingerprint density at radius 1 is 1.08 bits per heavy atom. The summed E-state index contributed by atoms with van der Waals surface area (Å²) in [6.07, 6.45) is 8.59. The number of carbonyl (C=O) groups is 2. The van der Waals surface area contributed by atoms with Crippen molar-refractivity contribution in [1.29, 1.82) is 0 Å². The van der Waals surface area contributed by atoms with Gasteiger partial charge in [-0.2, -0.15) is 0 Å².